The Kier molecular flexibility index (Phi) is 5.53. The van der Waals surface area contributed by atoms with Crippen LogP contribution in [0.4, 0.5) is 4.79 Å². The van der Waals surface area contributed by atoms with Crippen LogP contribution in [-0.4, -0.2) is 40.9 Å². The number of carbonyl (C=O) groups excluding carboxylic acids is 1. The zero-order valence-corrected chi connectivity index (χ0v) is 7.80. The maximum absolute atomic E-state index is 10.9. The van der Waals surface area contributed by atoms with Crippen LogP contribution in [-0.2, 0) is 14.3 Å². The number of carboxylic acid groups (broad SMARTS) is 2. The Morgan fingerprint density at radius 1 is 1.40 bits per heavy atom. The Morgan fingerprint density at radius 3 is 2.40 bits per heavy atom. The first-order valence-corrected chi connectivity index (χ1v) is 3.96. The van der Waals surface area contributed by atoms with Crippen molar-refractivity contribution in [3.05, 3.63) is 12.7 Å². The number of rotatable bonds is 6. The molecule has 0 saturated carbocycles. The molecule has 0 aromatic carbocycles. The Labute approximate surface area is 85.3 Å². The van der Waals surface area contributed by atoms with Gasteiger partial charge in [0.15, 0.2) is 0 Å². The average Bonchev–Trinajstić information content (AvgIpc) is 2.12. The summed E-state index contributed by atoms with van der Waals surface area (Å²) >= 11 is 0. The monoisotopic (exact) mass is 217 g/mol. The number of amides is 1. The summed E-state index contributed by atoms with van der Waals surface area (Å²) in [7, 11) is 0. The van der Waals surface area contributed by atoms with Gasteiger partial charge in [-0.25, -0.2) is 9.59 Å². The number of nitrogens with one attached hydrogen (secondary N) is 1. The molecule has 0 bridgehead atoms. The number of carbonyl (C=O) groups is 3. The van der Waals surface area contributed by atoms with Gasteiger partial charge in [-0.2, -0.15) is 0 Å². The van der Waals surface area contributed by atoms with Crippen LogP contribution in [0, 0.1) is 0 Å². The lowest BCUT2D eigenvalue weighted by Gasteiger charge is -2.11. The van der Waals surface area contributed by atoms with Crippen LogP contribution in [0.5, 0.6) is 0 Å². The van der Waals surface area contributed by atoms with E-state index in [0.29, 0.717) is 0 Å². The standard InChI is InChI=1S/C8H11NO6/c1-2-3-15-8(14)9-5(7(12)13)4-6(10)11/h2,5H,1,3-4H2,(H,9,14)(H,10,11)(H,12,13)/t5-/m1/s1. The first-order valence-electron chi connectivity index (χ1n) is 3.96. The highest BCUT2D eigenvalue weighted by Crippen LogP contribution is 1.93. The molecule has 0 heterocycles. The van der Waals surface area contributed by atoms with Gasteiger partial charge in [-0.1, -0.05) is 12.7 Å². The third-order valence-electron chi connectivity index (χ3n) is 1.30. The highest BCUT2D eigenvalue weighted by Gasteiger charge is 2.23. The molecule has 0 aliphatic rings. The molecule has 0 radical (unpaired) electrons. The first-order chi connectivity index (χ1) is 6.97. The molecule has 0 aromatic rings. The highest BCUT2D eigenvalue weighted by atomic mass is 16.5. The molecule has 1 atom stereocenters. The molecule has 0 rings (SSSR count). The number of aliphatic carboxylic acids is 2. The van der Waals surface area contributed by atoms with Crippen LogP contribution < -0.4 is 5.32 Å². The molecule has 0 unspecified atom stereocenters. The Morgan fingerprint density at radius 2 is 2.00 bits per heavy atom. The van der Waals surface area contributed by atoms with Crippen LogP contribution in [0.2, 0.25) is 0 Å². The Bertz CT molecular complexity index is 274. The average molecular weight is 217 g/mol. The predicted octanol–water partition coefficient (Wildman–Crippen LogP) is -0.174. The zero-order chi connectivity index (χ0) is 11.8. The van der Waals surface area contributed by atoms with Gasteiger partial charge in [-0.15, -0.1) is 0 Å². The topological polar surface area (TPSA) is 113 Å². The third-order valence-corrected chi connectivity index (χ3v) is 1.30. The largest absolute Gasteiger partial charge is 0.481 e. The number of carboxylic acids is 2. The van der Waals surface area contributed by atoms with E-state index in [9.17, 15) is 14.4 Å². The fourth-order valence-corrected chi connectivity index (χ4v) is 0.693. The molecule has 7 nitrogen and oxygen atoms in total. The number of hydrogen-bond acceptors (Lipinski definition) is 4. The molecular weight excluding hydrogens is 206 g/mol. The second-order valence-electron chi connectivity index (χ2n) is 2.52. The van der Waals surface area contributed by atoms with Crippen molar-refractivity contribution < 1.29 is 29.3 Å². The summed E-state index contributed by atoms with van der Waals surface area (Å²) in [6.07, 6.45) is -0.408. The van der Waals surface area contributed by atoms with Gasteiger partial charge in [0.05, 0.1) is 6.42 Å². The van der Waals surface area contributed by atoms with E-state index in [4.69, 9.17) is 10.2 Å². The van der Waals surface area contributed by atoms with Crippen LogP contribution in [0.1, 0.15) is 6.42 Å². The first kappa shape index (κ1) is 12.9. The second kappa shape index (κ2) is 6.41. The molecule has 1 amide bonds. The molecule has 15 heavy (non-hydrogen) atoms. The Hall–Kier alpha value is -2.05. The highest BCUT2D eigenvalue weighted by molar-refractivity contribution is 5.84. The summed E-state index contributed by atoms with van der Waals surface area (Å²) in [6, 6.07) is -1.50. The molecule has 0 saturated heterocycles. The van der Waals surface area contributed by atoms with Gasteiger partial charge >= 0.3 is 18.0 Å². The van der Waals surface area contributed by atoms with Crippen molar-refractivity contribution in [2.75, 3.05) is 6.61 Å². The number of ether oxygens (including phenoxy) is 1. The molecule has 0 aliphatic heterocycles. The molecule has 0 aliphatic carbocycles. The van der Waals surface area contributed by atoms with Crippen LogP contribution >= 0.6 is 0 Å². The van der Waals surface area contributed by atoms with Gasteiger partial charge in [-0.05, 0) is 0 Å². The van der Waals surface area contributed by atoms with Crippen LogP contribution in [0.25, 0.3) is 0 Å². The smallest absolute Gasteiger partial charge is 0.408 e. The molecular formula is C8H11NO6. The lowest BCUT2D eigenvalue weighted by molar-refractivity contribution is -0.145. The van der Waals surface area contributed by atoms with Crippen molar-refractivity contribution in [3.63, 3.8) is 0 Å². The SMILES string of the molecule is C=CCOC(=O)N[C@H](CC(=O)O)C(=O)O. The van der Waals surface area contributed by atoms with Gasteiger partial charge in [0.25, 0.3) is 0 Å². The lowest BCUT2D eigenvalue weighted by atomic mass is 10.2. The molecule has 0 spiro atoms. The van der Waals surface area contributed by atoms with E-state index in [1.807, 2.05) is 5.32 Å². The van der Waals surface area contributed by atoms with Crippen molar-refractivity contribution in [2.45, 2.75) is 12.5 Å². The fraction of sp³-hybridized carbons (Fsp3) is 0.375. The summed E-state index contributed by atoms with van der Waals surface area (Å²) in [4.78, 5) is 31.6. The van der Waals surface area contributed by atoms with E-state index in [0.717, 1.165) is 0 Å². The van der Waals surface area contributed by atoms with E-state index in [-0.39, 0.29) is 6.61 Å². The maximum atomic E-state index is 10.9. The summed E-state index contributed by atoms with van der Waals surface area (Å²) in [5.41, 5.74) is 0. The Balaban J connectivity index is 4.16. The van der Waals surface area contributed by atoms with E-state index in [2.05, 4.69) is 11.3 Å². The minimum Gasteiger partial charge on any atom is -0.481 e. The van der Waals surface area contributed by atoms with Gasteiger partial charge in [0.2, 0.25) is 0 Å². The fourth-order valence-electron chi connectivity index (χ4n) is 0.693. The second-order valence-corrected chi connectivity index (χ2v) is 2.52. The van der Waals surface area contributed by atoms with Gasteiger partial charge in [-0.3, -0.25) is 4.79 Å². The van der Waals surface area contributed by atoms with Crippen LogP contribution in [0.15, 0.2) is 12.7 Å². The van der Waals surface area contributed by atoms with Crippen molar-refractivity contribution in [3.8, 4) is 0 Å². The minimum absolute atomic E-state index is 0.0781. The zero-order valence-electron chi connectivity index (χ0n) is 7.80. The summed E-state index contributed by atoms with van der Waals surface area (Å²) < 4.78 is 4.43. The van der Waals surface area contributed by atoms with E-state index in [1.165, 1.54) is 6.08 Å². The number of alkyl carbamates (subject to hydrolysis) is 1. The van der Waals surface area contributed by atoms with Gasteiger partial charge in [0.1, 0.15) is 12.6 Å². The summed E-state index contributed by atoms with van der Waals surface area (Å²) in [6.45, 7) is 3.20. The number of hydrogen-bond donors (Lipinski definition) is 3. The molecule has 7 heteroatoms. The van der Waals surface area contributed by atoms with E-state index >= 15 is 0 Å². The molecule has 3 N–H and O–H groups in total. The summed E-state index contributed by atoms with van der Waals surface area (Å²) in [5.74, 6) is -2.76. The molecule has 0 fully saturated rings. The lowest BCUT2D eigenvalue weighted by Crippen LogP contribution is -2.42. The van der Waals surface area contributed by atoms with E-state index in [1.54, 1.807) is 0 Å². The summed E-state index contributed by atoms with van der Waals surface area (Å²) in [5, 5.41) is 18.8. The van der Waals surface area contributed by atoms with Crippen molar-refractivity contribution in [2.24, 2.45) is 0 Å². The molecule has 0 aromatic heterocycles. The van der Waals surface area contributed by atoms with Crippen molar-refractivity contribution >= 4 is 18.0 Å². The van der Waals surface area contributed by atoms with Crippen molar-refractivity contribution in [1.82, 2.24) is 5.32 Å². The van der Waals surface area contributed by atoms with Gasteiger partial charge in [0, 0.05) is 0 Å². The van der Waals surface area contributed by atoms with Crippen LogP contribution in [0.3, 0.4) is 0 Å². The third kappa shape index (κ3) is 6.08. The minimum atomic E-state index is -1.50. The quantitative estimate of drug-likeness (QED) is 0.532. The predicted molar refractivity (Wildman–Crippen MR) is 48.4 cm³/mol. The normalized spacial score (nSPS) is 11.2. The maximum Gasteiger partial charge on any atom is 0.408 e. The molecule has 84 valence electrons. The van der Waals surface area contributed by atoms with E-state index < -0.39 is 30.5 Å². The van der Waals surface area contributed by atoms with Crippen molar-refractivity contribution in [1.29, 1.82) is 0 Å². The van der Waals surface area contributed by atoms with Gasteiger partial charge < -0.3 is 20.3 Å².